The van der Waals surface area contributed by atoms with Crippen molar-refractivity contribution in [3.8, 4) is 0 Å². The number of morpholine rings is 1. The van der Waals surface area contributed by atoms with Crippen molar-refractivity contribution < 1.29 is 9.94 Å². The van der Waals surface area contributed by atoms with E-state index in [1.54, 1.807) is 6.20 Å². The van der Waals surface area contributed by atoms with Crippen molar-refractivity contribution in [2.45, 2.75) is 0 Å². The standard InChI is InChI=1S/C9H13N5O2/c10-9(13-15)7-5-12-8(6-11-7)14-1-3-16-4-2-14/h5-6,15H,1-4H2,(H2,10,13). The second-order valence-corrected chi connectivity index (χ2v) is 3.34. The number of aromatic nitrogens is 2. The molecule has 0 bridgehead atoms. The highest BCUT2D eigenvalue weighted by atomic mass is 16.5. The first kappa shape index (κ1) is 10.6. The van der Waals surface area contributed by atoms with E-state index in [0.29, 0.717) is 18.9 Å². The van der Waals surface area contributed by atoms with Gasteiger partial charge >= 0.3 is 0 Å². The van der Waals surface area contributed by atoms with E-state index in [1.165, 1.54) is 6.20 Å². The van der Waals surface area contributed by atoms with Gasteiger partial charge in [0.15, 0.2) is 5.84 Å². The van der Waals surface area contributed by atoms with Gasteiger partial charge in [-0.3, -0.25) is 0 Å². The summed E-state index contributed by atoms with van der Waals surface area (Å²) in [5.41, 5.74) is 5.75. The lowest BCUT2D eigenvalue weighted by Crippen LogP contribution is -2.36. The molecular weight excluding hydrogens is 210 g/mol. The van der Waals surface area contributed by atoms with Crippen molar-refractivity contribution in [2.75, 3.05) is 31.2 Å². The summed E-state index contributed by atoms with van der Waals surface area (Å²) in [6, 6.07) is 0. The van der Waals surface area contributed by atoms with Gasteiger partial charge in [0, 0.05) is 13.1 Å². The average Bonchev–Trinajstić information content (AvgIpc) is 2.39. The Labute approximate surface area is 92.5 Å². The number of nitrogens with zero attached hydrogens (tertiary/aromatic N) is 4. The number of hydrogen-bond acceptors (Lipinski definition) is 6. The normalized spacial score (nSPS) is 17.5. The van der Waals surface area contributed by atoms with E-state index in [0.717, 1.165) is 18.9 Å². The molecule has 7 nitrogen and oxygen atoms in total. The Kier molecular flexibility index (Phi) is 3.16. The summed E-state index contributed by atoms with van der Waals surface area (Å²) in [6.07, 6.45) is 3.10. The van der Waals surface area contributed by atoms with Gasteiger partial charge in [-0.15, -0.1) is 0 Å². The minimum absolute atomic E-state index is 0.0407. The maximum atomic E-state index is 8.47. The summed E-state index contributed by atoms with van der Waals surface area (Å²) in [7, 11) is 0. The Bertz CT molecular complexity index is 372. The lowest BCUT2D eigenvalue weighted by molar-refractivity contribution is 0.122. The van der Waals surface area contributed by atoms with Crippen LogP contribution in [0.5, 0.6) is 0 Å². The third-order valence-corrected chi connectivity index (χ3v) is 2.34. The molecule has 1 saturated heterocycles. The van der Waals surface area contributed by atoms with Crippen LogP contribution in [0, 0.1) is 0 Å². The van der Waals surface area contributed by atoms with Gasteiger partial charge in [-0.1, -0.05) is 5.16 Å². The summed E-state index contributed by atoms with van der Waals surface area (Å²) in [5.74, 6) is 0.735. The number of ether oxygens (including phenoxy) is 1. The zero-order chi connectivity index (χ0) is 11.4. The maximum absolute atomic E-state index is 8.47. The minimum atomic E-state index is -0.0407. The fourth-order valence-electron chi connectivity index (χ4n) is 1.46. The Morgan fingerprint density at radius 2 is 2.12 bits per heavy atom. The number of anilines is 1. The molecule has 1 fully saturated rings. The molecule has 1 aromatic rings. The molecule has 0 aliphatic carbocycles. The minimum Gasteiger partial charge on any atom is -0.409 e. The first-order valence-corrected chi connectivity index (χ1v) is 4.94. The molecule has 1 aliphatic heterocycles. The van der Waals surface area contributed by atoms with Crippen LogP contribution in [-0.2, 0) is 4.74 Å². The van der Waals surface area contributed by atoms with Crippen molar-refractivity contribution in [1.29, 1.82) is 0 Å². The van der Waals surface area contributed by atoms with Gasteiger partial charge in [-0.25, -0.2) is 9.97 Å². The number of oxime groups is 1. The highest BCUT2D eigenvalue weighted by Crippen LogP contribution is 2.10. The number of nitrogens with two attached hydrogens (primary N) is 1. The Morgan fingerprint density at radius 3 is 2.69 bits per heavy atom. The molecule has 86 valence electrons. The third-order valence-electron chi connectivity index (χ3n) is 2.34. The molecule has 1 aromatic heterocycles. The highest BCUT2D eigenvalue weighted by Gasteiger charge is 2.12. The highest BCUT2D eigenvalue weighted by molar-refractivity contribution is 5.94. The topological polar surface area (TPSA) is 96.9 Å². The van der Waals surface area contributed by atoms with Crippen molar-refractivity contribution in [3.63, 3.8) is 0 Å². The molecule has 0 saturated carbocycles. The third kappa shape index (κ3) is 2.19. The second-order valence-electron chi connectivity index (χ2n) is 3.34. The van der Waals surface area contributed by atoms with Crippen molar-refractivity contribution in [2.24, 2.45) is 10.9 Å². The molecule has 0 radical (unpaired) electrons. The molecule has 2 heterocycles. The summed E-state index contributed by atoms with van der Waals surface area (Å²) < 4.78 is 5.24. The van der Waals surface area contributed by atoms with Gasteiger partial charge in [0.2, 0.25) is 0 Å². The van der Waals surface area contributed by atoms with E-state index in [1.807, 2.05) is 0 Å². The first-order valence-electron chi connectivity index (χ1n) is 4.94. The average molecular weight is 223 g/mol. The van der Waals surface area contributed by atoms with E-state index in [9.17, 15) is 0 Å². The van der Waals surface area contributed by atoms with Crippen LogP contribution in [0.25, 0.3) is 0 Å². The lowest BCUT2D eigenvalue weighted by Gasteiger charge is -2.27. The van der Waals surface area contributed by atoms with Crippen LogP contribution in [0.15, 0.2) is 17.5 Å². The smallest absolute Gasteiger partial charge is 0.190 e. The molecule has 1 aliphatic rings. The van der Waals surface area contributed by atoms with Gasteiger partial charge in [0.05, 0.1) is 25.6 Å². The van der Waals surface area contributed by atoms with Crippen molar-refractivity contribution >= 4 is 11.7 Å². The van der Waals surface area contributed by atoms with E-state index < -0.39 is 0 Å². The van der Waals surface area contributed by atoms with Crippen LogP contribution in [0.2, 0.25) is 0 Å². The van der Waals surface area contributed by atoms with E-state index in [4.69, 9.17) is 15.7 Å². The molecular formula is C9H13N5O2. The predicted octanol–water partition coefficient (Wildman–Crippen LogP) is -0.592. The van der Waals surface area contributed by atoms with Gasteiger partial charge in [-0.05, 0) is 0 Å². The maximum Gasteiger partial charge on any atom is 0.190 e. The zero-order valence-electron chi connectivity index (χ0n) is 8.70. The summed E-state index contributed by atoms with van der Waals surface area (Å²) >= 11 is 0. The molecule has 0 atom stereocenters. The summed E-state index contributed by atoms with van der Waals surface area (Å²) in [6.45, 7) is 3.00. The molecule has 7 heteroatoms. The predicted molar refractivity (Wildman–Crippen MR) is 57.6 cm³/mol. The molecule has 0 aromatic carbocycles. The SMILES string of the molecule is NC(=NO)c1cnc(N2CCOCC2)cn1. The Hall–Kier alpha value is -1.89. The summed E-state index contributed by atoms with van der Waals surface area (Å²) in [4.78, 5) is 10.3. The fraction of sp³-hybridized carbons (Fsp3) is 0.444. The largest absolute Gasteiger partial charge is 0.409 e. The first-order chi connectivity index (χ1) is 7.81. The molecule has 2 rings (SSSR count). The molecule has 0 unspecified atom stereocenters. The quantitative estimate of drug-likeness (QED) is 0.301. The zero-order valence-corrected chi connectivity index (χ0v) is 8.70. The van der Waals surface area contributed by atoms with Crippen LogP contribution in [0.3, 0.4) is 0 Å². The van der Waals surface area contributed by atoms with Gasteiger partial charge in [0.1, 0.15) is 11.5 Å². The van der Waals surface area contributed by atoms with Crippen LogP contribution in [0.4, 0.5) is 5.82 Å². The van der Waals surface area contributed by atoms with Crippen molar-refractivity contribution in [3.05, 3.63) is 18.1 Å². The number of amidine groups is 1. The van der Waals surface area contributed by atoms with Gasteiger partial charge in [0.25, 0.3) is 0 Å². The van der Waals surface area contributed by atoms with Gasteiger partial charge in [-0.2, -0.15) is 0 Å². The molecule has 0 amide bonds. The Balaban J connectivity index is 2.12. The lowest BCUT2D eigenvalue weighted by atomic mass is 10.4. The van der Waals surface area contributed by atoms with Crippen LogP contribution in [0.1, 0.15) is 5.69 Å². The van der Waals surface area contributed by atoms with Crippen LogP contribution in [-0.4, -0.2) is 47.3 Å². The fourth-order valence-corrected chi connectivity index (χ4v) is 1.46. The van der Waals surface area contributed by atoms with E-state index in [-0.39, 0.29) is 5.84 Å². The second kappa shape index (κ2) is 4.75. The van der Waals surface area contributed by atoms with Crippen LogP contribution >= 0.6 is 0 Å². The summed E-state index contributed by atoms with van der Waals surface area (Å²) in [5, 5.41) is 11.3. The Morgan fingerprint density at radius 1 is 1.38 bits per heavy atom. The monoisotopic (exact) mass is 223 g/mol. The molecule has 3 N–H and O–H groups in total. The van der Waals surface area contributed by atoms with Crippen molar-refractivity contribution in [1.82, 2.24) is 9.97 Å². The number of hydrogen-bond donors (Lipinski definition) is 2. The van der Waals surface area contributed by atoms with Crippen LogP contribution < -0.4 is 10.6 Å². The van der Waals surface area contributed by atoms with Gasteiger partial charge < -0.3 is 20.6 Å². The van der Waals surface area contributed by atoms with E-state index in [2.05, 4.69) is 20.0 Å². The molecule has 0 spiro atoms. The number of rotatable bonds is 2. The van der Waals surface area contributed by atoms with E-state index >= 15 is 0 Å². The molecule has 16 heavy (non-hydrogen) atoms.